The van der Waals surface area contributed by atoms with Crippen molar-refractivity contribution in [1.82, 2.24) is 0 Å². The fourth-order valence-electron chi connectivity index (χ4n) is 2.27. The number of nitrogens with two attached hydrogens (primary N) is 1. The van der Waals surface area contributed by atoms with Crippen LogP contribution in [0.1, 0.15) is 5.56 Å². The van der Waals surface area contributed by atoms with E-state index in [-0.39, 0.29) is 11.4 Å². The van der Waals surface area contributed by atoms with Gasteiger partial charge < -0.3 is 10.5 Å². The van der Waals surface area contributed by atoms with Gasteiger partial charge in [0, 0.05) is 0 Å². The van der Waals surface area contributed by atoms with Gasteiger partial charge in [0.2, 0.25) is 5.91 Å². The fraction of sp³-hybridized carbons (Fsp3) is 0.188. The molecular weight excluding hydrogens is 409 g/mol. The number of carbonyl (C=O) groups is 1. The van der Waals surface area contributed by atoms with Crippen LogP contribution < -0.4 is 14.8 Å². The van der Waals surface area contributed by atoms with Gasteiger partial charge in [0.05, 0.1) is 23.4 Å². The van der Waals surface area contributed by atoms with E-state index in [0.29, 0.717) is 16.4 Å². The van der Waals surface area contributed by atoms with E-state index >= 15 is 0 Å². The number of carbonyl (C=O) groups excluding carboxylic acids is 1. The van der Waals surface area contributed by atoms with Crippen molar-refractivity contribution < 1.29 is 31.1 Å². The molecular formula is C16H14ClF3N2O4S. The van der Waals surface area contributed by atoms with Gasteiger partial charge in [-0.3, -0.25) is 9.10 Å². The maximum atomic E-state index is 13.0. The van der Waals surface area contributed by atoms with E-state index in [4.69, 9.17) is 22.1 Å². The number of hydrogen-bond donors (Lipinski definition) is 1. The summed E-state index contributed by atoms with van der Waals surface area (Å²) in [5.41, 5.74) is 3.85. The summed E-state index contributed by atoms with van der Waals surface area (Å²) in [6.45, 7) is -0.824. The number of primary amides is 1. The van der Waals surface area contributed by atoms with Crippen molar-refractivity contribution >= 4 is 33.2 Å². The SMILES string of the molecule is COc1ccccc1N(CC(N)=O)S(=O)(=O)c1cc(C(F)(F)F)ccc1Cl. The van der Waals surface area contributed by atoms with E-state index in [0.717, 1.165) is 6.07 Å². The Kier molecular flexibility index (Phi) is 5.91. The van der Waals surface area contributed by atoms with Crippen molar-refractivity contribution in [3.8, 4) is 5.75 Å². The van der Waals surface area contributed by atoms with Crippen LogP contribution in [0.25, 0.3) is 0 Å². The molecule has 0 aliphatic carbocycles. The van der Waals surface area contributed by atoms with Gasteiger partial charge in [-0.15, -0.1) is 0 Å². The Labute approximate surface area is 158 Å². The molecule has 0 aliphatic rings. The zero-order chi connectivity index (χ0) is 20.4. The van der Waals surface area contributed by atoms with E-state index in [2.05, 4.69) is 0 Å². The zero-order valence-electron chi connectivity index (χ0n) is 13.8. The van der Waals surface area contributed by atoms with Crippen LogP contribution >= 0.6 is 11.6 Å². The minimum Gasteiger partial charge on any atom is -0.495 e. The molecule has 6 nitrogen and oxygen atoms in total. The van der Waals surface area contributed by atoms with Gasteiger partial charge in [0.1, 0.15) is 17.2 Å². The predicted molar refractivity (Wildman–Crippen MR) is 93.2 cm³/mol. The maximum Gasteiger partial charge on any atom is 0.416 e. The number of benzene rings is 2. The van der Waals surface area contributed by atoms with E-state index < -0.39 is 44.1 Å². The third-order valence-corrected chi connectivity index (χ3v) is 5.72. The van der Waals surface area contributed by atoms with Gasteiger partial charge in [0.25, 0.3) is 10.0 Å². The van der Waals surface area contributed by atoms with Crippen LogP contribution in [-0.2, 0) is 21.0 Å². The second-order valence-electron chi connectivity index (χ2n) is 5.29. The number of rotatable bonds is 6. The molecule has 0 unspecified atom stereocenters. The standard InChI is InChI=1S/C16H14ClF3N2O4S/c1-26-13-5-3-2-4-12(13)22(9-15(21)23)27(24,25)14-8-10(16(18,19)20)6-7-11(14)17/h2-8H,9H2,1H3,(H2,21,23). The minimum atomic E-state index is -4.78. The molecule has 0 saturated carbocycles. The first-order valence-electron chi connectivity index (χ1n) is 7.29. The summed E-state index contributed by atoms with van der Waals surface area (Å²) < 4.78 is 70.7. The Morgan fingerprint density at radius 1 is 1.22 bits per heavy atom. The first-order chi connectivity index (χ1) is 12.5. The molecule has 2 N–H and O–H groups in total. The lowest BCUT2D eigenvalue weighted by Gasteiger charge is -2.25. The van der Waals surface area contributed by atoms with Crippen LogP contribution in [0.4, 0.5) is 18.9 Å². The molecule has 2 aromatic carbocycles. The molecule has 0 aliphatic heterocycles. The highest BCUT2D eigenvalue weighted by Gasteiger charge is 2.35. The summed E-state index contributed by atoms with van der Waals surface area (Å²) in [5.74, 6) is -0.946. The first-order valence-corrected chi connectivity index (χ1v) is 9.11. The Balaban J connectivity index is 2.70. The van der Waals surface area contributed by atoms with Crippen LogP contribution in [0.2, 0.25) is 5.02 Å². The molecule has 0 spiro atoms. The largest absolute Gasteiger partial charge is 0.495 e. The minimum absolute atomic E-state index is 0.0745. The van der Waals surface area contributed by atoms with Crippen LogP contribution in [0.15, 0.2) is 47.4 Å². The van der Waals surface area contributed by atoms with Crippen LogP contribution in [0.3, 0.4) is 0 Å². The van der Waals surface area contributed by atoms with Crippen molar-refractivity contribution in [2.24, 2.45) is 5.73 Å². The number of sulfonamides is 1. The molecule has 2 aromatic rings. The van der Waals surface area contributed by atoms with Crippen molar-refractivity contribution in [1.29, 1.82) is 0 Å². The average Bonchev–Trinajstić information content (AvgIpc) is 2.58. The van der Waals surface area contributed by atoms with E-state index in [1.165, 1.54) is 25.3 Å². The van der Waals surface area contributed by atoms with Gasteiger partial charge in [-0.25, -0.2) is 8.42 Å². The second kappa shape index (κ2) is 7.65. The lowest BCUT2D eigenvalue weighted by atomic mass is 10.2. The van der Waals surface area contributed by atoms with Gasteiger partial charge in [-0.2, -0.15) is 13.2 Å². The van der Waals surface area contributed by atoms with Crippen molar-refractivity contribution in [2.45, 2.75) is 11.1 Å². The quantitative estimate of drug-likeness (QED) is 0.774. The Hall–Kier alpha value is -2.46. The fourth-order valence-corrected chi connectivity index (χ4v) is 4.22. The first kappa shape index (κ1) is 20.8. The summed E-state index contributed by atoms with van der Waals surface area (Å²) in [5, 5.41) is -0.438. The predicted octanol–water partition coefficient (Wildman–Crippen LogP) is 3.05. The number of nitrogens with zero attached hydrogens (tertiary/aromatic N) is 1. The smallest absolute Gasteiger partial charge is 0.416 e. The third kappa shape index (κ3) is 4.45. The van der Waals surface area contributed by atoms with E-state index in [1.807, 2.05) is 0 Å². The Morgan fingerprint density at radius 2 is 1.85 bits per heavy atom. The maximum absolute atomic E-state index is 13.0. The summed E-state index contributed by atoms with van der Waals surface area (Å²) in [6.07, 6.45) is -4.78. The molecule has 27 heavy (non-hydrogen) atoms. The topological polar surface area (TPSA) is 89.7 Å². The summed E-state index contributed by atoms with van der Waals surface area (Å²) in [4.78, 5) is 10.6. The van der Waals surface area contributed by atoms with Gasteiger partial charge in [-0.1, -0.05) is 23.7 Å². The molecule has 0 saturated heterocycles. The van der Waals surface area contributed by atoms with Gasteiger partial charge >= 0.3 is 6.18 Å². The van der Waals surface area contributed by atoms with Crippen molar-refractivity contribution in [2.75, 3.05) is 18.0 Å². The number of hydrogen-bond acceptors (Lipinski definition) is 4. The summed E-state index contributed by atoms with van der Waals surface area (Å²) in [7, 11) is -3.41. The highest BCUT2D eigenvalue weighted by atomic mass is 35.5. The molecule has 2 rings (SSSR count). The molecule has 1 amide bonds. The summed E-state index contributed by atoms with van der Waals surface area (Å²) >= 11 is 5.85. The van der Waals surface area contributed by atoms with Gasteiger partial charge in [-0.05, 0) is 30.3 Å². The normalized spacial score (nSPS) is 11.9. The number of alkyl halides is 3. The molecule has 0 aromatic heterocycles. The van der Waals surface area contributed by atoms with E-state index in [1.54, 1.807) is 6.07 Å². The van der Waals surface area contributed by atoms with Crippen LogP contribution in [0, 0.1) is 0 Å². The molecule has 0 atom stereocenters. The van der Waals surface area contributed by atoms with Gasteiger partial charge in [0.15, 0.2) is 0 Å². The lowest BCUT2D eigenvalue weighted by molar-refractivity contribution is -0.137. The zero-order valence-corrected chi connectivity index (χ0v) is 15.4. The number of para-hydroxylation sites is 2. The highest BCUT2D eigenvalue weighted by molar-refractivity contribution is 7.93. The molecule has 11 heteroatoms. The number of methoxy groups -OCH3 is 1. The second-order valence-corrected chi connectivity index (χ2v) is 7.53. The molecule has 0 fully saturated rings. The molecule has 0 bridgehead atoms. The molecule has 0 radical (unpaired) electrons. The third-order valence-electron chi connectivity index (χ3n) is 3.48. The number of halogens is 4. The van der Waals surface area contributed by atoms with Crippen molar-refractivity contribution in [3.63, 3.8) is 0 Å². The van der Waals surface area contributed by atoms with E-state index in [9.17, 15) is 26.4 Å². The Bertz CT molecular complexity index is 964. The number of anilines is 1. The lowest BCUT2D eigenvalue weighted by Crippen LogP contribution is -2.39. The monoisotopic (exact) mass is 422 g/mol. The van der Waals surface area contributed by atoms with Crippen LogP contribution in [-0.4, -0.2) is 28.0 Å². The van der Waals surface area contributed by atoms with Crippen molar-refractivity contribution in [3.05, 3.63) is 53.1 Å². The number of ether oxygens (including phenoxy) is 1. The molecule has 0 heterocycles. The number of amides is 1. The highest BCUT2D eigenvalue weighted by Crippen LogP contribution is 2.37. The average molecular weight is 423 g/mol. The Morgan fingerprint density at radius 3 is 2.41 bits per heavy atom. The molecule has 146 valence electrons. The van der Waals surface area contributed by atoms with Crippen LogP contribution in [0.5, 0.6) is 5.75 Å². The summed E-state index contributed by atoms with van der Waals surface area (Å²) in [6, 6.07) is 7.64.